The van der Waals surface area contributed by atoms with Gasteiger partial charge in [-0.25, -0.2) is 4.79 Å². The first kappa shape index (κ1) is 11.5. The van der Waals surface area contributed by atoms with E-state index in [4.69, 9.17) is 4.74 Å². The maximum Gasteiger partial charge on any atom is 0.411 e. The van der Waals surface area contributed by atoms with E-state index in [0.29, 0.717) is 0 Å². The highest BCUT2D eigenvalue weighted by Gasteiger charge is 2.07. The Balaban J connectivity index is 2.27. The first-order valence-corrected chi connectivity index (χ1v) is 5.62. The van der Waals surface area contributed by atoms with E-state index >= 15 is 0 Å². The summed E-state index contributed by atoms with van der Waals surface area (Å²) in [5.74, 6) is 0. The van der Waals surface area contributed by atoms with Crippen molar-refractivity contribution in [2.24, 2.45) is 0 Å². The van der Waals surface area contributed by atoms with Crippen LogP contribution in [0.3, 0.4) is 0 Å². The molecule has 0 saturated heterocycles. The van der Waals surface area contributed by atoms with Gasteiger partial charge in [-0.2, -0.15) is 0 Å². The lowest BCUT2D eigenvalue weighted by Crippen LogP contribution is -2.18. The third-order valence-electron chi connectivity index (χ3n) is 2.37. The summed E-state index contributed by atoms with van der Waals surface area (Å²) in [6, 6.07) is 13.7. The molecule has 1 amide bonds. The van der Waals surface area contributed by atoms with Crippen LogP contribution in [-0.2, 0) is 4.74 Å². The molecule has 2 rings (SSSR count). The highest BCUT2D eigenvalue weighted by molar-refractivity contribution is 6.00. The summed E-state index contributed by atoms with van der Waals surface area (Å²) < 4.78 is 5.05. The van der Waals surface area contributed by atoms with E-state index in [1.807, 2.05) is 56.3 Å². The van der Waals surface area contributed by atoms with E-state index < -0.39 is 6.09 Å². The number of amides is 1. The van der Waals surface area contributed by atoms with Crippen molar-refractivity contribution in [3.63, 3.8) is 0 Å². The molecule has 0 aromatic heterocycles. The zero-order valence-electron chi connectivity index (χ0n) is 9.94. The Kier molecular flexibility index (Phi) is 3.28. The molecular weight excluding hydrogens is 214 g/mol. The number of carbonyl (C=O) groups excluding carboxylic acids is 1. The number of fused-ring (bicyclic) bond motifs is 1. The Morgan fingerprint density at radius 2 is 1.82 bits per heavy atom. The van der Waals surface area contributed by atoms with Crippen LogP contribution in [0.4, 0.5) is 10.5 Å². The van der Waals surface area contributed by atoms with E-state index in [-0.39, 0.29) is 6.10 Å². The monoisotopic (exact) mass is 229 g/mol. The van der Waals surface area contributed by atoms with Crippen LogP contribution in [0.15, 0.2) is 42.5 Å². The zero-order chi connectivity index (χ0) is 12.3. The average molecular weight is 229 g/mol. The molecule has 2 aromatic carbocycles. The SMILES string of the molecule is CC(C)OC(=O)Nc1cccc2ccccc12. The van der Waals surface area contributed by atoms with Gasteiger partial charge in [-0.15, -0.1) is 0 Å². The van der Waals surface area contributed by atoms with E-state index in [1.54, 1.807) is 0 Å². The van der Waals surface area contributed by atoms with Crippen molar-refractivity contribution in [3.8, 4) is 0 Å². The van der Waals surface area contributed by atoms with E-state index in [0.717, 1.165) is 16.5 Å². The van der Waals surface area contributed by atoms with Crippen LogP contribution in [0.25, 0.3) is 10.8 Å². The number of nitrogens with one attached hydrogen (secondary N) is 1. The quantitative estimate of drug-likeness (QED) is 0.850. The Labute approximate surface area is 100 Å². The van der Waals surface area contributed by atoms with Crippen molar-refractivity contribution >= 4 is 22.6 Å². The van der Waals surface area contributed by atoms with Gasteiger partial charge in [0.05, 0.1) is 11.8 Å². The normalized spacial score (nSPS) is 10.5. The molecule has 3 nitrogen and oxygen atoms in total. The van der Waals surface area contributed by atoms with Crippen LogP contribution < -0.4 is 5.32 Å². The maximum absolute atomic E-state index is 11.5. The molecule has 3 heteroatoms. The lowest BCUT2D eigenvalue weighted by molar-refractivity contribution is 0.130. The van der Waals surface area contributed by atoms with Gasteiger partial charge in [0.25, 0.3) is 0 Å². The minimum Gasteiger partial charge on any atom is -0.447 e. The summed E-state index contributed by atoms with van der Waals surface area (Å²) in [5, 5.41) is 4.86. The first-order chi connectivity index (χ1) is 8.16. The van der Waals surface area contributed by atoms with E-state index in [2.05, 4.69) is 5.32 Å². The standard InChI is InChI=1S/C14H15NO2/c1-10(2)17-14(16)15-13-9-5-7-11-6-3-4-8-12(11)13/h3-10H,1-2H3,(H,15,16). The predicted molar refractivity (Wildman–Crippen MR) is 69.2 cm³/mol. The number of rotatable bonds is 2. The average Bonchev–Trinajstić information content (AvgIpc) is 2.28. The van der Waals surface area contributed by atoms with Gasteiger partial charge in [-0.3, -0.25) is 5.32 Å². The largest absolute Gasteiger partial charge is 0.447 e. The van der Waals surface area contributed by atoms with Crippen LogP contribution in [0.5, 0.6) is 0 Å². The molecule has 0 atom stereocenters. The van der Waals surface area contributed by atoms with Crippen molar-refractivity contribution in [3.05, 3.63) is 42.5 Å². The van der Waals surface area contributed by atoms with Gasteiger partial charge in [0.2, 0.25) is 0 Å². The Bertz CT molecular complexity index is 529. The molecular formula is C14H15NO2. The Hall–Kier alpha value is -2.03. The molecule has 0 saturated carbocycles. The minimum atomic E-state index is -0.420. The summed E-state index contributed by atoms with van der Waals surface area (Å²) >= 11 is 0. The third-order valence-corrected chi connectivity index (χ3v) is 2.37. The van der Waals surface area contributed by atoms with Crippen LogP contribution in [0, 0.1) is 0 Å². The van der Waals surface area contributed by atoms with Gasteiger partial charge < -0.3 is 4.74 Å². The molecule has 1 N–H and O–H groups in total. The third kappa shape index (κ3) is 2.75. The summed E-state index contributed by atoms with van der Waals surface area (Å²) in [5.41, 5.74) is 0.772. The molecule has 0 aliphatic heterocycles. The van der Waals surface area contributed by atoms with Gasteiger partial charge in [-0.1, -0.05) is 36.4 Å². The summed E-state index contributed by atoms with van der Waals surface area (Å²) in [4.78, 5) is 11.5. The summed E-state index contributed by atoms with van der Waals surface area (Å²) in [7, 11) is 0. The van der Waals surface area contributed by atoms with E-state index in [9.17, 15) is 4.79 Å². The van der Waals surface area contributed by atoms with Gasteiger partial charge in [0.1, 0.15) is 0 Å². The smallest absolute Gasteiger partial charge is 0.411 e. The number of hydrogen-bond donors (Lipinski definition) is 1. The van der Waals surface area contributed by atoms with Gasteiger partial charge >= 0.3 is 6.09 Å². The topological polar surface area (TPSA) is 38.3 Å². The molecule has 88 valence electrons. The van der Waals surface area contributed by atoms with Crippen molar-refractivity contribution < 1.29 is 9.53 Å². The van der Waals surface area contributed by atoms with Crippen LogP contribution in [0.2, 0.25) is 0 Å². The Morgan fingerprint density at radius 1 is 1.12 bits per heavy atom. The number of benzene rings is 2. The summed E-state index contributed by atoms with van der Waals surface area (Å²) in [6.07, 6.45) is -0.540. The minimum absolute atomic E-state index is 0.120. The molecule has 0 fully saturated rings. The fourth-order valence-corrected chi connectivity index (χ4v) is 1.69. The molecule has 17 heavy (non-hydrogen) atoms. The lowest BCUT2D eigenvalue weighted by atomic mass is 10.1. The van der Waals surface area contributed by atoms with Gasteiger partial charge in [0.15, 0.2) is 0 Å². The zero-order valence-corrected chi connectivity index (χ0v) is 9.94. The molecule has 0 aliphatic rings. The molecule has 0 bridgehead atoms. The van der Waals surface area contributed by atoms with Crippen molar-refractivity contribution in [2.75, 3.05) is 5.32 Å². The second-order valence-corrected chi connectivity index (χ2v) is 4.11. The molecule has 2 aromatic rings. The van der Waals surface area contributed by atoms with Gasteiger partial charge in [-0.05, 0) is 25.3 Å². The first-order valence-electron chi connectivity index (χ1n) is 5.62. The maximum atomic E-state index is 11.5. The lowest BCUT2D eigenvalue weighted by Gasteiger charge is -2.11. The fraction of sp³-hybridized carbons (Fsp3) is 0.214. The van der Waals surface area contributed by atoms with Crippen molar-refractivity contribution in [1.29, 1.82) is 0 Å². The fourth-order valence-electron chi connectivity index (χ4n) is 1.69. The summed E-state index contributed by atoms with van der Waals surface area (Å²) in [6.45, 7) is 3.64. The molecule has 0 heterocycles. The number of carbonyl (C=O) groups is 1. The van der Waals surface area contributed by atoms with Crippen molar-refractivity contribution in [2.45, 2.75) is 20.0 Å². The molecule has 0 aliphatic carbocycles. The van der Waals surface area contributed by atoms with Crippen LogP contribution >= 0.6 is 0 Å². The number of anilines is 1. The second-order valence-electron chi connectivity index (χ2n) is 4.11. The molecule has 0 radical (unpaired) electrons. The predicted octanol–water partition coefficient (Wildman–Crippen LogP) is 3.80. The molecule has 0 unspecified atom stereocenters. The van der Waals surface area contributed by atoms with Crippen molar-refractivity contribution in [1.82, 2.24) is 0 Å². The molecule has 0 spiro atoms. The Morgan fingerprint density at radius 3 is 2.59 bits per heavy atom. The van der Waals surface area contributed by atoms with Crippen LogP contribution in [0.1, 0.15) is 13.8 Å². The second kappa shape index (κ2) is 4.87. The highest BCUT2D eigenvalue weighted by Crippen LogP contribution is 2.22. The highest BCUT2D eigenvalue weighted by atomic mass is 16.6. The number of ether oxygens (including phenoxy) is 1. The van der Waals surface area contributed by atoms with Crippen LogP contribution in [-0.4, -0.2) is 12.2 Å². The number of hydrogen-bond acceptors (Lipinski definition) is 2. The van der Waals surface area contributed by atoms with E-state index in [1.165, 1.54) is 0 Å². The van der Waals surface area contributed by atoms with Gasteiger partial charge in [0, 0.05) is 5.39 Å².